The van der Waals surface area contributed by atoms with Gasteiger partial charge < -0.3 is 24.6 Å². The van der Waals surface area contributed by atoms with Crippen LogP contribution in [0.1, 0.15) is 54.4 Å². The largest absolute Gasteiger partial charge is 0.490 e. The molecule has 0 atom stereocenters. The average Bonchev–Trinajstić information content (AvgIpc) is 3.37. The van der Waals surface area contributed by atoms with Gasteiger partial charge in [-0.15, -0.1) is 0 Å². The summed E-state index contributed by atoms with van der Waals surface area (Å²) in [6, 6.07) is 16.0. The number of carboxylic acid groups (broad SMARTS) is 1. The van der Waals surface area contributed by atoms with E-state index < -0.39 is 12.1 Å². The lowest BCUT2D eigenvalue weighted by atomic mass is 10.1. The maximum atomic E-state index is 12.1. The molecule has 0 spiro atoms. The lowest BCUT2D eigenvalue weighted by Crippen LogP contribution is -2.33. The summed E-state index contributed by atoms with van der Waals surface area (Å²) < 4.78 is 36.7. The number of hydrogen-bond acceptors (Lipinski definition) is 7. The molecule has 0 bridgehead atoms. The fourth-order valence-electron chi connectivity index (χ4n) is 5.24. The Hall–Kier alpha value is -4.19. The Labute approximate surface area is 247 Å². The van der Waals surface area contributed by atoms with Gasteiger partial charge in [-0.25, -0.2) is 19.6 Å². The number of carbonyl (C=O) groups is 2. The number of carboxylic acids is 1. The SMILES string of the molecule is CCN(CCCN1CCCCC1)c1nc(Cc2ccccc2)nc2[nH]c3cc(C(=O)OC)ccc3c12.O=C(O)C(F)(F)F. The second-order valence-corrected chi connectivity index (χ2v) is 10.4. The van der Waals surface area contributed by atoms with Crippen molar-refractivity contribution in [2.75, 3.05) is 44.7 Å². The maximum Gasteiger partial charge on any atom is 0.490 e. The molecule has 0 aliphatic carbocycles. The second-order valence-electron chi connectivity index (χ2n) is 10.4. The molecular formula is C31H36F3N5O4. The maximum absolute atomic E-state index is 12.1. The molecule has 43 heavy (non-hydrogen) atoms. The van der Waals surface area contributed by atoms with Gasteiger partial charge in [-0.3, -0.25) is 0 Å². The number of halogens is 3. The molecule has 4 aromatic rings. The van der Waals surface area contributed by atoms with Crippen LogP contribution in [0.25, 0.3) is 21.9 Å². The van der Waals surface area contributed by atoms with Gasteiger partial charge in [-0.2, -0.15) is 13.2 Å². The van der Waals surface area contributed by atoms with E-state index in [0.717, 1.165) is 59.6 Å². The first-order chi connectivity index (χ1) is 20.6. The van der Waals surface area contributed by atoms with Gasteiger partial charge in [0, 0.05) is 30.4 Å². The van der Waals surface area contributed by atoms with Crippen molar-refractivity contribution >= 4 is 39.7 Å². The van der Waals surface area contributed by atoms with Crippen LogP contribution in [0.3, 0.4) is 0 Å². The highest BCUT2D eigenvalue weighted by atomic mass is 19.4. The number of ether oxygens (including phenoxy) is 1. The number of aromatic nitrogens is 3. The number of methoxy groups -OCH3 is 1. The number of fused-ring (bicyclic) bond motifs is 3. The Bertz CT molecular complexity index is 1540. The van der Waals surface area contributed by atoms with Gasteiger partial charge in [0.05, 0.1) is 18.1 Å². The Kier molecular flexibility index (Phi) is 10.6. The van der Waals surface area contributed by atoms with Crippen molar-refractivity contribution in [2.24, 2.45) is 0 Å². The monoisotopic (exact) mass is 599 g/mol. The highest BCUT2D eigenvalue weighted by Gasteiger charge is 2.38. The van der Waals surface area contributed by atoms with Crippen molar-refractivity contribution in [3.63, 3.8) is 0 Å². The molecule has 0 radical (unpaired) electrons. The van der Waals surface area contributed by atoms with Crippen LogP contribution in [0.15, 0.2) is 48.5 Å². The highest BCUT2D eigenvalue weighted by molar-refractivity contribution is 6.12. The molecule has 5 rings (SSSR count). The van der Waals surface area contributed by atoms with Crippen LogP contribution in [0, 0.1) is 0 Å². The highest BCUT2D eigenvalue weighted by Crippen LogP contribution is 2.33. The molecule has 1 aliphatic heterocycles. The first kappa shape index (κ1) is 31.7. The number of alkyl halides is 3. The number of likely N-dealkylation sites (tertiary alicyclic amines) is 1. The number of rotatable bonds is 9. The number of H-pyrrole nitrogens is 1. The van der Waals surface area contributed by atoms with E-state index in [0.29, 0.717) is 12.0 Å². The number of piperidine rings is 1. The Morgan fingerprint density at radius 1 is 1.07 bits per heavy atom. The first-order valence-electron chi connectivity index (χ1n) is 14.3. The standard InChI is InChI=1S/C29H35N5O2.C2HF3O2/c1-3-34(18-10-17-33-15-8-5-9-16-33)28-26-23-14-13-22(29(35)36-2)20-24(23)30-27(26)31-25(32-28)19-21-11-6-4-7-12-21;3-2(4,5)1(6)7/h4,6-7,11-14,20H,3,5,8-10,15-19H2,1-2H3,(H,30,31,32);(H,6,7). The predicted octanol–water partition coefficient (Wildman–Crippen LogP) is 5.82. The second kappa shape index (κ2) is 14.3. The summed E-state index contributed by atoms with van der Waals surface area (Å²) in [5.74, 6) is -1.35. The number of carbonyl (C=O) groups excluding carboxylic acids is 1. The molecule has 9 nitrogen and oxygen atoms in total. The molecule has 2 aromatic heterocycles. The zero-order chi connectivity index (χ0) is 31.0. The van der Waals surface area contributed by atoms with Gasteiger partial charge in [0.15, 0.2) is 0 Å². The summed E-state index contributed by atoms with van der Waals surface area (Å²) in [5.41, 5.74) is 3.37. The summed E-state index contributed by atoms with van der Waals surface area (Å²) in [5, 5.41) is 9.16. The number of aromatic amines is 1. The van der Waals surface area contributed by atoms with Crippen LogP contribution in [0.4, 0.5) is 19.0 Å². The third kappa shape index (κ3) is 8.22. The topological polar surface area (TPSA) is 112 Å². The van der Waals surface area contributed by atoms with E-state index in [2.05, 4.69) is 33.8 Å². The van der Waals surface area contributed by atoms with Crippen molar-refractivity contribution in [1.82, 2.24) is 19.9 Å². The zero-order valence-corrected chi connectivity index (χ0v) is 24.3. The summed E-state index contributed by atoms with van der Waals surface area (Å²) in [4.78, 5) is 39.5. The molecule has 2 aromatic carbocycles. The normalized spacial score (nSPS) is 13.9. The fraction of sp³-hybridized carbons (Fsp3) is 0.419. The van der Waals surface area contributed by atoms with E-state index in [1.165, 1.54) is 45.0 Å². The van der Waals surface area contributed by atoms with Crippen molar-refractivity contribution in [1.29, 1.82) is 0 Å². The molecule has 0 unspecified atom stereocenters. The number of aliphatic carboxylic acids is 1. The molecule has 1 fully saturated rings. The number of esters is 1. The van der Waals surface area contributed by atoms with Gasteiger partial charge >= 0.3 is 18.1 Å². The van der Waals surface area contributed by atoms with Gasteiger partial charge in [0.1, 0.15) is 17.3 Å². The van der Waals surface area contributed by atoms with Crippen LogP contribution in [-0.4, -0.2) is 82.9 Å². The van der Waals surface area contributed by atoms with Gasteiger partial charge in [-0.1, -0.05) is 42.8 Å². The van der Waals surface area contributed by atoms with E-state index in [-0.39, 0.29) is 5.97 Å². The van der Waals surface area contributed by atoms with E-state index in [1.54, 1.807) is 0 Å². The zero-order valence-electron chi connectivity index (χ0n) is 24.3. The van der Waals surface area contributed by atoms with Crippen molar-refractivity contribution in [3.05, 3.63) is 65.5 Å². The first-order valence-corrected chi connectivity index (χ1v) is 14.3. The number of hydrogen-bond donors (Lipinski definition) is 2. The number of anilines is 1. The smallest absolute Gasteiger partial charge is 0.475 e. The molecule has 12 heteroatoms. The van der Waals surface area contributed by atoms with Crippen molar-refractivity contribution in [2.45, 2.75) is 45.2 Å². The van der Waals surface area contributed by atoms with Crippen LogP contribution < -0.4 is 4.90 Å². The van der Waals surface area contributed by atoms with E-state index in [1.807, 2.05) is 36.4 Å². The van der Waals surface area contributed by atoms with Crippen LogP contribution >= 0.6 is 0 Å². The summed E-state index contributed by atoms with van der Waals surface area (Å²) in [6.07, 6.45) is 0.671. The minimum absolute atomic E-state index is 0.348. The lowest BCUT2D eigenvalue weighted by Gasteiger charge is -2.28. The Balaban J connectivity index is 0.000000541. The third-order valence-electron chi connectivity index (χ3n) is 7.38. The molecule has 230 valence electrons. The quantitative estimate of drug-likeness (QED) is 0.232. The predicted molar refractivity (Wildman–Crippen MR) is 158 cm³/mol. The van der Waals surface area contributed by atoms with Gasteiger partial charge in [0.2, 0.25) is 0 Å². The Morgan fingerprint density at radius 2 is 1.77 bits per heavy atom. The van der Waals surface area contributed by atoms with Crippen LogP contribution in [0.5, 0.6) is 0 Å². The average molecular weight is 600 g/mol. The minimum Gasteiger partial charge on any atom is -0.475 e. The van der Waals surface area contributed by atoms with Crippen LogP contribution in [-0.2, 0) is 16.0 Å². The molecule has 2 N–H and O–H groups in total. The summed E-state index contributed by atoms with van der Waals surface area (Å²) >= 11 is 0. The van der Waals surface area contributed by atoms with Gasteiger partial charge in [0.25, 0.3) is 0 Å². The number of benzene rings is 2. The summed E-state index contributed by atoms with van der Waals surface area (Å²) in [6.45, 7) is 7.56. The van der Waals surface area contributed by atoms with Gasteiger partial charge in [-0.05, 0) is 63.5 Å². The Morgan fingerprint density at radius 3 is 2.40 bits per heavy atom. The number of nitrogens with zero attached hydrogens (tertiary/aromatic N) is 4. The van der Waals surface area contributed by atoms with Crippen molar-refractivity contribution < 1.29 is 32.6 Å². The van der Waals surface area contributed by atoms with Crippen molar-refractivity contribution in [3.8, 4) is 0 Å². The van der Waals surface area contributed by atoms with E-state index in [4.69, 9.17) is 24.6 Å². The molecule has 0 amide bonds. The molecule has 1 aliphatic rings. The molecule has 0 saturated carbocycles. The molecule has 1 saturated heterocycles. The third-order valence-corrected chi connectivity index (χ3v) is 7.38. The molecular weight excluding hydrogens is 563 g/mol. The fourth-order valence-corrected chi connectivity index (χ4v) is 5.24. The van der Waals surface area contributed by atoms with E-state index in [9.17, 15) is 18.0 Å². The minimum atomic E-state index is -5.08. The molecule has 3 heterocycles. The number of nitrogens with one attached hydrogen (secondary N) is 1. The lowest BCUT2D eigenvalue weighted by molar-refractivity contribution is -0.192. The van der Waals surface area contributed by atoms with E-state index >= 15 is 0 Å². The summed E-state index contributed by atoms with van der Waals surface area (Å²) in [7, 11) is 1.40. The van der Waals surface area contributed by atoms with Crippen LogP contribution in [0.2, 0.25) is 0 Å².